The minimum atomic E-state index is -0.934. The van der Waals surface area contributed by atoms with Crippen molar-refractivity contribution in [1.29, 1.82) is 0 Å². The van der Waals surface area contributed by atoms with Crippen molar-refractivity contribution in [3.8, 4) is 17.2 Å². The number of aryl methyl sites for hydroxylation is 1. The molecule has 1 aliphatic heterocycles. The van der Waals surface area contributed by atoms with Crippen LogP contribution in [0.5, 0.6) is 17.2 Å². The van der Waals surface area contributed by atoms with E-state index in [1.807, 2.05) is 25.1 Å². The maximum absolute atomic E-state index is 12.6. The Labute approximate surface area is 176 Å². The highest BCUT2D eigenvalue weighted by molar-refractivity contribution is 5.93. The first-order valence-electron chi connectivity index (χ1n) is 10.0. The topological polar surface area (TPSA) is 83.1 Å². The van der Waals surface area contributed by atoms with E-state index in [-0.39, 0.29) is 17.5 Å². The quantitative estimate of drug-likeness (QED) is 0.670. The molecule has 0 aliphatic carbocycles. The number of carbonyl (C=O) groups is 2. The lowest BCUT2D eigenvalue weighted by molar-refractivity contribution is -0.129. The average Bonchev–Trinajstić information content (AvgIpc) is 2.77. The normalized spacial score (nSPS) is 14.4. The summed E-state index contributed by atoms with van der Waals surface area (Å²) in [5.41, 5.74) is 1.44. The van der Waals surface area contributed by atoms with E-state index in [9.17, 15) is 9.59 Å². The van der Waals surface area contributed by atoms with Crippen LogP contribution in [0.3, 0.4) is 0 Å². The van der Waals surface area contributed by atoms with E-state index in [1.54, 1.807) is 6.92 Å². The minimum Gasteiger partial charge on any atom is -0.493 e. The van der Waals surface area contributed by atoms with Gasteiger partial charge in [-0.25, -0.2) is 4.79 Å². The van der Waals surface area contributed by atoms with Crippen molar-refractivity contribution >= 4 is 11.9 Å². The molecule has 0 unspecified atom stereocenters. The first kappa shape index (κ1) is 21.5. The number of benzene rings is 2. The molecule has 0 saturated heterocycles. The number of esters is 1. The Kier molecular flexibility index (Phi) is 7.17. The summed E-state index contributed by atoms with van der Waals surface area (Å²) in [6.45, 7) is 4.27. The van der Waals surface area contributed by atoms with Gasteiger partial charge >= 0.3 is 5.97 Å². The third kappa shape index (κ3) is 5.43. The number of hydrogen-bond acceptors (Lipinski definition) is 6. The summed E-state index contributed by atoms with van der Waals surface area (Å²) in [6, 6.07) is 13.1. The van der Waals surface area contributed by atoms with Gasteiger partial charge in [-0.05, 0) is 44.4 Å². The molecule has 30 heavy (non-hydrogen) atoms. The maximum atomic E-state index is 12.6. The SMILES string of the molecule is COc1cc(C(=O)O[C@H](C)C(=O)N[C@@H](C)CCc2ccccc2)cc2c1OCCO2. The highest BCUT2D eigenvalue weighted by Gasteiger charge is 2.24. The molecule has 1 amide bonds. The first-order valence-corrected chi connectivity index (χ1v) is 10.0. The van der Waals surface area contributed by atoms with Gasteiger partial charge in [0.25, 0.3) is 5.91 Å². The zero-order valence-electron chi connectivity index (χ0n) is 17.5. The Bertz CT molecular complexity index is 866. The molecule has 0 spiro atoms. The number of amides is 1. The molecule has 0 bridgehead atoms. The fourth-order valence-electron chi connectivity index (χ4n) is 3.13. The van der Waals surface area contributed by atoms with Gasteiger partial charge < -0.3 is 24.3 Å². The van der Waals surface area contributed by atoms with E-state index in [4.69, 9.17) is 18.9 Å². The maximum Gasteiger partial charge on any atom is 0.339 e. The van der Waals surface area contributed by atoms with E-state index in [0.29, 0.717) is 30.5 Å². The smallest absolute Gasteiger partial charge is 0.339 e. The largest absolute Gasteiger partial charge is 0.493 e. The van der Waals surface area contributed by atoms with Gasteiger partial charge in [0.1, 0.15) is 13.2 Å². The molecule has 0 radical (unpaired) electrons. The van der Waals surface area contributed by atoms with Crippen LogP contribution >= 0.6 is 0 Å². The number of carbonyl (C=O) groups excluding carboxylic acids is 2. The number of ether oxygens (including phenoxy) is 4. The Balaban J connectivity index is 1.55. The average molecular weight is 413 g/mol. The van der Waals surface area contributed by atoms with Gasteiger partial charge in [0.05, 0.1) is 12.7 Å². The number of methoxy groups -OCH3 is 1. The third-order valence-electron chi connectivity index (χ3n) is 4.81. The number of fused-ring (bicyclic) bond motifs is 1. The van der Waals surface area contributed by atoms with Crippen molar-refractivity contribution in [3.63, 3.8) is 0 Å². The van der Waals surface area contributed by atoms with Crippen molar-refractivity contribution in [2.75, 3.05) is 20.3 Å². The van der Waals surface area contributed by atoms with Gasteiger partial charge in [-0.2, -0.15) is 0 Å². The van der Waals surface area contributed by atoms with Crippen LogP contribution in [-0.2, 0) is 16.0 Å². The lowest BCUT2D eigenvalue weighted by Gasteiger charge is -2.22. The molecule has 1 N–H and O–H groups in total. The van der Waals surface area contributed by atoms with Crippen molar-refractivity contribution < 1.29 is 28.5 Å². The van der Waals surface area contributed by atoms with Crippen LogP contribution < -0.4 is 19.5 Å². The third-order valence-corrected chi connectivity index (χ3v) is 4.81. The second-order valence-electron chi connectivity index (χ2n) is 7.18. The van der Waals surface area contributed by atoms with E-state index >= 15 is 0 Å². The van der Waals surface area contributed by atoms with Crippen molar-refractivity contribution in [3.05, 3.63) is 53.6 Å². The Morgan fingerprint density at radius 2 is 1.83 bits per heavy atom. The molecular weight excluding hydrogens is 386 g/mol. The lowest BCUT2D eigenvalue weighted by Crippen LogP contribution is -2.41. The van der Waals surface area contributed by atoms with Crippen LogP contribution in [0.25, 0.3) is 0 Å². The fourth-order valence-corrected chi connectivity index (χ4v) is 3.13. The minimum absolute atomic E-state index is 0.0479. The summed E-state index contributed by atoms with van der Waals surface area (Å²) in [5, 5.41) is 2.89. The predicted octanol–water partition coefficient (Wildman–Crippen LogP) is 3.15. The number of nitrogens with one attached hydrogen (secondary N) is 1. The monoisotopic (exact) mass is 413 g/mol. The van der Waals surface area contributed by atoms with Crippen molar-refractivity contribution in [2.24, 2.45) is 0 Å². The highest BCUT2D eigenvalue weighted by atomic mass is 16.6. The molecule has 0 fully saturated rings. The van der Waals surface area contributed by atoms with E-state index in [1.165, 1.54) is 24.8 Å². The van der Waals surface area contributed by atoms with Crippen molar-refractivity contribution in [1.82, 2.24) is 5.32 Å². The van der Waals surface area contributed by atoms with Gasteiger partial charge in [0, 0.05) is 6.04 Å². The lowest BCUT2D eigenvalue weighted by atomic mass is 10.1. The summed E-state index contributed by atoms with van der Waals surface area (Å²) in [6.07, 6.45) is 0.708. The molecule has 1 heterocycles. The summed E-state index contributed by atoms with van der Waals surface area (Å²) >= 11 is 0. The predicted molar refractivity (Wildman–Crippen MR) is 111 cm³/mol. The van der Waals surface area contributed by atoms with Crippen LogP contribution in [0.2, 0.25) is 0 Å². The molecule has 7 nitrogen and oxygen atoms in total. The Hall–Kier alpha value is -3.22. The molecule has 2 aromatic rings. The molecule has 160 valence electrons. The molecule has 7 heteroatoms. The molecule has 1 aliphatic rings. The van der Waals surface area contributed by atoms with Gasteiger partial charge in [-0.15, -0.1) is 0 Å². The summed E-state index contributed by atoms with van der Waals surface area (Å²) in [7, 11) is 1.48. The number of hydrogen-bond donors (Lipinski definition) is 1. The molecular formula is C23H27NO6. The highest BCUT2D eigenvalue weighted by Crippen LogP contribution is 2.40. The standard InChI is InChI=1S/C23H27NO6/c1-15(9-10-17-7-5-4-6-8-17)24-22(25)16(2)30-23(26)18-13-19(27-3)21-20(14-18)28-11-12-29-21/h4-8,13-16H,9-12H2,1-3H3,(H,24,25)/t15-,16+/m0/s1. The van der Waals surface area contributed by atoms with Crippen LogP contribution in [-0.4, -0.2) is 44.3 Å². The van der Waals surface area contributed by atoms with Crippen LogP contribution in [0.4, 0.5) is 0 Å². The van der Waals surface area contributed by atoms with Gasteiger partial charge in [-0.1, -0.05) is 30.3 Å². The number of rotatable bonds is 8. The first-order chi connectivity index (χ1) is 14.5. The molecule has 2 aromatic carbocycles. The van der Waals surface area contributed by atoms with Crippen LogP contribution in [0.1, 0.15) is 36.2 Å². The second-order valence-corrected chi connectivity index (χ2v) is 7.18. The molecule has 3 rings (SSSR count). The van der Waals surface area contributed by atoms with Crippen molar-refractivity contribution in [2.45, 2.75) is 38.8 Å². The van der Waals surface area contributed by atoms with Crippen LogP contribution in [0.15, 0.2) is 42.5 Å². The fraction of sp³-hybridized carbons (Fsp3) is 0.391. The molecule has 0 saturated carbocycles. The summed E-state index contributed by atoms with van der Waals surface area (Å²) < 4.78 is 21.7. The summed E-state index contributed by atoms with van der Waals surface area (Å²) in [4.78, 5) is 25.0. The second kappa shape index (κ2) is 10.0. The van der Waals surface area contributed by atoms with Gasteiger partial charge in [0.15, 0.2) is 17.6 Å². The van der Waals surface area contributed by atoms with E-state index in [2.05, 4.69) is 17.4 Å². The molecule has 0 aromatic heterocycles. The van der Waals surface area contributed by atoms with E-state index in [0.717, 1.165) is 12.8 Å². The van der Waals surface area contributed by atoms with Gasteiger partial charge in [0.2, 0.25) is 5.75 Å². The Morgan fingerprint density at radius 1 is 1.10 bits per heavy atom. The van der Waals surface area contributed by atoms with Gasteiger partial charge in [-0.3, -0.25) is 4.79 Å². The molecule has 2 atom stereocenters. The zero-order valence-corrected chi connectivity index (χ0v) is 17.5. The summed E-state index contributed by atoms with van der Waals surface area (Å²) in [5.74, 6) is 0.279. The van der Waals surface area contributed by atoms with E-state index < -0.39 is 12.1 Å². The zero-order chi connectivity index (χ0) is 21.5. The Morgan fingerprint density at radius 3 is 2.57 bits per heavy atom. The van der Waals surface area contributed by atoms with Crippen LogP contribution in [0, 0.1) is 0 Å².